The first-order valence-electron chi connectivity index (χ1n) is 10.8. The van der Waals surface area contributed by atoms with Crippen molar-refractivity contribution >= 4 is 39.7 Å². The molecule has 3 aromatic carbocycles. The summed E-state index contributed by atoms with van der Waals surface area (Å²) in [5.74, 6) is -0.848. The second-order valence-electron chi connectivity index (χ2n) is 8.12. The Kier molecular flexibility index (Phi) is 6.98. The van der Waals surface area contributed by atoms with Gasteiger partial charge in [0.05, 0.1) is 13.0 Å². The van der Waals surface area contributed by atoms with Gasteiger partial charge in [0.2, 0.25) is 5.91 Å². The number of hydrogen-bond acceptors (Lipinski definition) is 3. The summed E-state index contributed by atoms with van der Waals surface area (Å²) in [4.78, 5) is 25.8. The molecule has 1 N–H and O–H groups in total. The van der Waals surface area contributed by atoms with Crippen LogP contribution in [0.2, 0.25) is 0 Å². The lowest BCUT2D eigenvalue weighted by molar-refractivity contribution is -0.119. The average molecular weight is 474 g/mol. The Morgan fingerprint density at radius 2 is 1.68 bits per heavy atom. The minimum atomic E-state index is -1.06. The van der Waals surface area contributed by atoms with Crippen LogP contribution >= 0.6 is 0 Å². The van der Waals surface area contributed by atoms with Crippen molar-refractivity contribution in [3.05, 3.63) is 106 Å². The monoisotopic (exact) mass is 473 g/mol. The Morgan fingerprint density at radius 3 is 2.35 bits per heavy atom. The van der Waals surface area contributed by atoms with E-state index in [-0.39, 0.29) is 30.5 Å². The van der Waals surface area contributed by atoms with Crippen molar-refractivity contribution in [3.8, 4) is 0 Å². The van der Waals surface area contributed by atoms with E-state index in [4.69, 9.17) is 0 Å². The molecule has 6 heteroatoms. The molecule has 0 aliphatic heterocycles. The fraction of sp³-hybridized carbons (Fsp3) is 0.143. The molecule has 0 aromatic heterocycles. The molecule has 1 atom stereocenters. The molecule has 1 aliphatic rings. The van der Waals surface area contributed by atoms with Crippen LogP contribution in [0.4, 0.5) is 4.39 Å². The van der Waals surface area contributed by atoms with Crippen LogP contribution in [-0.4, -0.2) is 28.7 Å². The predicted octanol–water partition coefficient (Wildman–Crippen LogP) is 5.28. The van der Waals surface area contributed by atoms with Gasteiger partial charge in [0.15, 0.2) is 5.78 Å². The number of allylic oxidation sites excluding steroid dienone is 2. The molecule has 0 fully saturated rings. The maximum atomic E-state index is 14.1. The Labute approximate surface area is 200 Å². The maximum absolute atomic E-state index is 14.1. The van der Waals surface area contributed by atoms with Gasteiger partial charge < -0.3 is 5.32 Å². The zero-order valence-electron chi connectivity index (χ0n) is 18.9. The Bertz CT molecular complexity index is 1340. The van der Waals surface area contributed by atoms with E-state index >= 15 is 0 Å². The summed E-state index contributed by atoms with van der Waals surface area (Å²) < 4.78 is 25.8. The lowest BCUT2D eigenvalue weighted by Crippen LogP contribution is -2.29. The van der Waals surface area contributed by atoms with Crippen LogP contribution in [-0.2, 0) is 15.6 Å². The Balaban J connectivity index is 1.58. The quantitative estimate of drug-likeness (QED) is 0.475. The van der Waals surface area contributed by atoms with Gasteiger partial charge in [-0.25, -0.2) is 4.39 Å². The number of ketones is 1. The van der Waals surface area contributed by atoms with E-state index in [1.54, 1.807) is 36.6 Å². The largest absolute Gasteiger partial charge is 0.348 e. The fourth-order valence-corrected chi connectivity index (χ4v) is 4.55. The Morgan fingerprint density at radius 1 is 0.971 bits per heavy atom. The number of carbonyl (C=O) groups excluding carboxylic acids is 2. The third kappa shape index (κ3) is 5.13. The molecule has 0 saturated carbocycles. The number of rotatable bonds is 7. The fourth-order valence-electron chi connectivity index (χ4n) is 4.03. The van der Waals surface area contributed by atoms with E-state index < -0.39 is 10.8 Å². The number of fused-ring (bicyclic) bond motifs is 1. The molecule has 3 aromatic rings. The standard InChI is InChI=1S/C28H24FNO3S/c1-18-24(14-19-8-11-22(12-9-19)34(2)33)23-13-10-21(29)15-26(23)25(18)16-28(32)30-17-27(31)20-6-4-3-5-7-20/h3-15H,16-17H2,1-2H3,(H,30,32)/b24-14+. The third-order valence-corrected chi connectivity index (χ3v) is 6.79. The highest BCUT2D eigenvalue weighted by Crippen LogP contribution is 2.43. The minimum absolute atomic E-state index is 0.0372. The van der Waals surface area contributed by atoms with E-state index in [0.29, 0.717) is 11.1 Å². The zero-order valence-corrected chi connectivity index (χ0v) is 19.7. The van der Waals surface area contributed by atoms with Crippen LogP contribution in [0.3, 0.4) is 0 Å². The number of nitrogens with one attached hydrogen (secondary N) is 1. The number of amides is 1. The molecule has 4 rings (SSSR count). The lowest BCUT2D eigenvalue weighted by atomic mass is 10.0. The lowest BCUT2D eigenvalue weighted by Gasteiger charge is -2.08. The first-order chi connectivity index (χ1) is 16.3. The van der Waals surface area contributed by atoms with Gasteiger partial charge in [0.25, 0.3) is 0 Å². The van der Waals surface area contributed by atoms with Crippen LogP contribution in [0.15, 0.2) is 83.3 Å². The van der Waals surface area contributed by atoms with E-state index in [9.17, 15) is 18.2 Å². The van der Waals surface area contributed by atoms with Crippen molar-refractivity contribution in [1.29, 1.82) is 0 Å². The first-order valence-corrected chi connectivity index (χ1v) is 12.4. The second-order valence-corrected chi connectivity index (χ2v) is 9.50. The van der Waals surface area contributed by atoms with Crippen molar-refractivity contribution in [2.45, 2.75) is 18.2 Å². The van der Waals surface area contributed by atoms with Crippen LogP contribution in [0, 0.1) is 5.82 Å². The molecular weight excluding hydrogens is 449 g/mol. The van der Waals surface area contributed by atoms with Crippen molar-refractivity contribution in [1.82, 2.24) is 5.32 Å². The molecule has 1 unspecified atom stereocenters. The number of carbonyl (C=O) groups is 2. The van der Waals surface area contributed by atoms with Gasteiger partial charge in [-0.2, -0.15) is 0 Å². The van der Waals surface area contributed by atoms with E-state index in [0.717, 1.165) is 32.7 Å². The van der Waals surface area contributed by atoms with Crippen LogP contribution in [0.5, 0.6) is 0 Å². The summed E-state index contributed by atoms with van der Waals surface area (Å²) in [6.45, 7) is 1.82. The van der Waals surface area contributed by atoms with Gasteiger partial charge in [0, 0.05) is 27.5 Å². The molecule has 0 bridgehead atoms. The van der Waals surface area contributed by atoms with Crippen LogP contribution in [0.1, 0.15) is 40.4 Å². The van der Waals surface area contributed by atoms with E-state index in [2.05, 4.69) is 5.32 Å². The van der Waals surface area contributed by atoms with Crippen LogP contribution < -0.4 is 5.32 Å². The minimum Gasteiger partial charge on any atom is -0.348 e. The van der Waals surface area contributed by atoms with Crippen molar-refractivity contribution in [2.75, 3.05) is 12.8 Å². The van der Waals surface area contributed by atoms with Gasteiger partial charge >= 0.3 is 0 Å². The third-order valence-electron chi connectivity index (χ3n) is 5.86. The van der Waals surface area contributed by atoms with Crippen molar-refractivity contribution in [2.24, 2.45) is 0 Å². The molecule has 0 radical (unpaired) electrons. The van der Waals surface area contributed by atoms with Gasteiger partial charge in [-0.15, -0.1) is 0 Å². The summed E-state index contributed by atoms with van der Waals surface area (Å²) in [6, 6.07) is 20.8. The molecule has 0 spiro atoms. The smallest absolute Gasteiger partial charge is 0.224 e. The summed E-state index contributed by atoms with van der Waals surface area (Å²) >= 11 is 0. The van der Waals surface area contributed by atoms with E-state index in [1.807, 2.05) is 43.3 Å². The summed E-state index contributed by atoms with van der Waals surface area (Å²) in [6.07, 6.45) is 3.65. The highest BCUT2D eigenvalue weighted by Gasteiger charge is 2.26. The summed E-state index contributed by atoms with van der Waals surface area (Å²) in [5, 5.41) is 2.69. The Hall–Kier alpha value is -3.64. The molecule has 172 valence electrons. The van der Waals surface area contributed by atoms with Gasteiger partial charge in [0.1, 0.15) is 5.82 Å². The molecular formula is C28H24FNO3S. The normalized spacial score (nSPS) is 14.7. The summed E-state index contributed by atoms with van der Waals surface area (Å²) in [5.41, 5.74) is 5.51. The van der Waals surface area contributed by atoms with Crippen molar-refractivity contribution in [3.63, 3.8) is 0 Å². The number of hydrogen-bond donors (Lipinski definition) is 1. The summed E-state index contributed by atoms with van der Waals surface area (Å²) in [7, 11) is -1.06. The highest BCUT2D eigenvalue weighted by atomic mass is 32.2. The number of halogens is 1. The highest BCUT2D eigenvalue weighted by molar-refractivity contribution is 7.84. The van der Waals surface area contributed by atoms with E-state index in [1.165, 1.54) is 12.1 Å². The van der Waals surface area contributed by atoms with Gasteiger partial charge in [-0.1, -0.05) is 48.5 Å². The molecule has 0 saturated heterocycles. The number of Topliss-reactive ketones (excluding diaryl/α,β-unsaturated/α-hetero) is 1. The van der Waals surface area contributed by atoms with Gasteiger partial charge in [-0.3, -0.25) is 13.8 Å². The molecule has 1 amide bonds. The second kappa shape index (κ2) is 10.1. The SMILES string of the molecule is CC1=C(CC(=O)NCC(=O)c2ccccc2)c2cc(F)ccc2/C1=C/c1ccc(S(C)=O)cc1. The number of benzene rings is 3. The van der Waals surface area contributed by atoms with Gasteiger partial charge in [-0.05, 0) is 70.7 Å². The molecule has 4 nitrogen and oxygen atoms in total. The average Bonchev–Trinajstić information content (AvgIpc) is 3.08. The zero-order chi connectivity index (χ0) is 24.2. The molecule has 1 aliphatic carbocycles. The molecule has 0 heterocycles. The van der Waals surface area contributed by atoms with Crippen LogP contribution in [0.25, 0.3) is 17.2 Å². The predicted molar refractivity (Wildman–Crippen MR) is 134 cm³/mol. The van der Waals surface area contributed by atoms with Crippen molar-refractivity contribution < 1.29 is 18.2 Å². The first kappa shape index (κ1) is 23.5. The topological polar surface area (TPSA) is 63.2 Å². The molecule has 34 heavy (non-hydrogen) atoms. The maximum Gasteiger partial charge on any atom is 0.224 e.